The number of aromatic nitrogens is 2. The van der Waals surface area contributed by atoms with Gasteiger partial charge in [-0.15, -0.1) is 11.3 Å². The molecule has 2 aromatic heterocycles. The molecule has 2 rings (SSSR count). The highest BCUT2D eigenvalue weighted by Crippen LogP contribution is 2.29. The van der Waals surface area contributed by atoms with Crippen molar-refractivity contribution in [1.82, 2.24) is 9.78 Å². The molecule has 1 N–H and O–H groups in total. The van der Waals surface area contributed by atoms with Crippen LogP contribution < -0.4 is 0 Å². The zero-order valence-electron chi connectivity index (χ0n) is 8.39. The number of carbonyl (C=O) groups is 1. The largest absolute Gasteiger partial charge is 0.478 e. The van der Waals surface area contributed by atoms with Crippen LogP contribution in [-0.2, 0) is 7.05 Å². The molecule has 0 saturated carbocycles. The van der Waals surface area contributed by atoms with Gasteiger partial charge in [0.05, 0.1) is 11.3 Å². The van der Waals surface area contributed by atoms with Crippen LogP contribution in [0.5, 0.6) is 0 Å². The summed E-state index contributed by atoms with van der Waals surface area (Å²) in [5, 5.41) is 14.7. The van der Waals surface area contributed by atoms with Crippen LogP contribution in [-0.4, -0.2) is 20.9 Å². The van der Waals surface area contributed by atoms with Gasteiger partial charge in [0.15, 0.2) is 0 Å². The van der Waals surface area contributed by atoms with E-state index in [4.69, 9.17) is 5.11 Å². The highest BCUT2D eigenvalue weighted by atomic mass is 32.1. The van der Waals surface area contributed by atoms with Gasteiger partial charge in [-0.2, -0.15) is 5.10 Å². The monoisotopic (exact) mass is 222 g/mol. The summed E-state index contributed by atoms with van der Waals surface area (Å²) in [6.45, 7) is 1.91. The van der Waals surface area contributed by atoms with Gasteiger partial charge < -0.3 is 5.11 Å². The number of nitrogens with zero attached hydrogens (tertiary/aromatic N) is 2. The molecule has 4 nitrogen and oxygen atoms in total. The smallest absolute Gasteiger partial charge is 0.336 e. The minimum Gasteiger partial charge on any atom is -0.478 e. The first-order valence-electron chi connectivity index (χ1n) is 4.40. The molecule has 0 unspecified atom stereocenters. The summed E-state index contributed by atoms with van der Waals surface area (Å²) in [4.78, 5) is 11.7. The fourth-order valence-electron chi connectivity index (χ4n) is 1.43. The predicted molar refractivity (Wildman–Crippen MR) is 58.2 cm³/mol. The van der Waals surface area contributed by atoms with Crippen LogP contribution in [0.2, 0.25) is 0 Å². The van der Waals surface area contributed by atoms with Gasteiger partial charge in [0.25, 0.3) is 0 Å². The van der Waals surface area contributed by atoms with Crippen LogP contribution in [0.3, 0.4) is 0 Å². The van der Waals surface area contributed by atoms with Gasteiger partial charge in [-0.25, -0.2) is 4.79 Å². The standard InChI is InChI=1S/C10H10N2O2S/c1-6-8(4-12(2)11-6)9-3-7(5-15-9)10(13)14/h3-5H,1-2H3,(H,13,14). The first-order valence-corrected chi connectivity index (χ1v) is 5.28. The second kappa shape index (κ2) is 3.51. The Balaban J connectivity index is 2.45. The molecule has 0 atom stereocenters. The fourth-order valence-corrected chi connectivity index (χ4v) is 2.38. The Labute approximate surface area is 90.8 Å². The Bertz CT molecular complexity index is 513. The maximum absolute atomic E-state index is 10.7. The zero-order valence-corrected chi connectivity index (χ0v) is 9.21. The SMILES string of the molecule is Cc1nn(C)cc1-c1cc(C(=O)O)cs1. The van der Waals surface area contributed by atoms with Crippen molar-refractivity contribution in [2.75, 3.05) is 0 Å². The molecule has 0 radical (unpaired) electrons. The molecule has 0 aliphatic rings. The number of aromatic carboxylic acids is 1. The fraction of sp³-hybridized carbons (Fsp3) is 0.200. The van der Waals surface area contributed by atoms with Crippen molar-refractivity contribution in [3.63, 3.8) is 0 Å². The van der Waals surface area contributed by atoms with Crippen molar-refractivity contribution in [3.05, 3.63) is 28.9 Å². The van der Waals surface area contributed by atoms with Crippen LogP contribution in [0.15, 0.2) is 17.6 Å². The van der Waals surface area contributed by atoms with E-state index in [1.165, 1.54) is 11.3 Å². The van der Waals surface area contributed by atoms with Crippen LogP contribution in [0.4, 0.5) is 0 Å². The molecule has 5 heteroatoms. The lowest BCUT2D eigenvalue weighted by atomic mass is 10.2. The Morgan fingerprint density at radius 1 is 1.60 bits per heavy atom. The molecule has 0 aliphatic heterocycles. The van der Waals surface area contributed by atoms with E-state index in [-0.39, 0.29) is 0 Å². The van der Waals surface area contributed by atoms with E-state index in [2.05, 4.69) is 5.10 Å². The Kier molecular flexibility index (Phi) is 2.32. The second-order valence-corrected chi connectivity index (χ2v) is 4.22. The van der Waals surface area contributed by atoms with Gasteiger partial charge in [-0.1, -0.05) is 0 Å². The normalized spacial score (nSPS) is 10.5. The van der Waals surface area contributed by atoms with Gasteiger partial charge in [-0.05, 0) is 13.0 Å². The van der Waals surface area contributed by atoms with Crippen molar-refractivity contribution >= 4 is 17.3 Å². The molecule has 0 amide bonds. The highest BCUT2D eigenvalue weighted by Gasteiger charge is 2.11. The van der Waals surface area contributed by atoms with Crippen molar-refractivity contribution in [2.24, 2.45) is 7.05 Å². The molecule has 2 aromatic rings. The molecule has 15 heavy (non-hydrogen) atoms. The van der Waals surface area contributed by atoms with Gasteiger partial charge in [0.1, 0.15) is 0 Å². The highest BCUT2D eigenvalue weighted by molar-refractivity contribution is 7.13. The van der Waals surface area contributed by atoms with E-state index in [0.717, 1.165) is 16.1 Å². The third kappa shape index (κ3) is 1.78. The van der Waals surface area contributed by atoms with Crippen molar-refractivity contribution in [3.8, 4) is 10.4 Å². The first kappa shape index (κ1) is 9.92. The third-order valence-electron chi connectivity index (χ3n) is 2.13. The van der Waals surface area contributed by atoms with E-state index in [1.807, 2.05) is 20.2 Å². The molecule has 0 aliphatic carbocycles. The van der Waals surface area contributed by atoms with Crippen molar-refractivity contribution in [2.45, 2.75) is 6.92 Å². The van der Waals surface area contributed by atoms with E-state index in [0.29, 0.717) is 5.56 Å². The molecular formula is C10H10N2O2S. The molecule has 0 bridgehead atoms. The van der Waals surface area contributed by atoms with Crippen LogP contribution in [0.1, 0.15) is 16.1 Å². The number of hydrogen-bond acceptors (Lipinski definition) is 3. The summed E-state index contributed by atoms with van der Waals surface area (Å²) in [6.07, 6.45) is 1.90. The Morgan fingerprint density at radius 2 is 2.33 bits per heavy atom. The summed E-state index contributed by atoms with van der Waals surface area (Å²) in [5.74, 6) is -0.890. The van der Waals surface area contributed by atoms with E-state index < -0.39 is 5.97 Å². The molecule has 0 aromatic carbocycles. The van der Waals surface area contributed by atoms with Crippen molar-refractivity contribution < 1.29 is 9.90 Å². The molecule has 78 valence electrons. The van der Waals surface area contributed by atoms with Crippen LogP contribution >= 0.6 is 11.3 Å². The number of hydrogen-bond donors (Lipinski definition) is 1. The van der Waals surface area contributed by atoms with Gasteiger partial charge in [0.2, 0.25) is 0 Å². The quantitative estimate of drug-likeness (QED) is 0.847. The molecule has 0 saturated heterocycles. The maximum atomic E-state index is 10.7. The second-order valence-electron chi connectivity index (χ2n) is 3.31. The molecule has 0 fully saturated rings. The first-order chi connectivity index (χ1) is 7.08. The number of carboxylic acid groups (broad SMARTS) is 1. The van der Waals surface area contributed by atoms with E-state index in [9.17, 15) is 4.79 Å². The van der Waals surface area contributed by atoms with Gasteiger partial charge in [-0.3, -0.25) is 4.68 Å². The van der Waals surface area contributed by atoms with Crippen LogP contribution in [0, 0.1) is 6.92 Å². The lowest BCUT2D eigenvalue weighted by molar-refractivity contribution is 0.0697. The summed E-state index contributed by atoms with van der Waals surface area (Å²) in [6, 6.07) is 1.68. The minimum atomic E-state index is -0.890. The topological polar surface area (TPSA) is 55.1 Å². The van der Waals surface area contributed by atoms with Crippen LogP contribution in [0.25, 0.3) is 10.4 Å². The van der Waals surface area contributed by atoms with Crippen molar-refractivity contribution in [1.29, 1.82) is 0 Å². The minimum absolute atomic E-state index is 0.332. The molecular weight excluding hydrogens is 212 g/mol. The molecule has 2 heterocycles. The third-order valence-corrected chi connectivity index (χ3v) is 3.09. The number of rotatable bonds is 2. The van der Waals surface area contributed by atoms with E-state index >= 15 is 0 Å². The van der Waals surface area contributed by atoms with E-state index in [1.54, 1.807) is 16.1 Å². The average molecular weight is 222 g/mol. The predicted octanol–water partition coefficient (Wildman–Crippen LogP) is 2.16. The summed E-state index contributed by atoms with van der Waals surface area (Å²) in [7, 11) is 1.85. The summed E-state index contributed by atoms with van der Waals surface area (Å²) >= 11 is 1.42. The van der Waals surface area contributed by atoms with Gasteiger partial charge in [0, 0.05) is 29.1 Å². The number of carboxylic acids is 1. The Hall–Kier alpha value is -1.62. The molecule has 0 spiro atoms. The average Bonchev–Trinajstić information content (AvgIpc) is 2.71. The lowest BCUT2D eigenvalue weighted by Crippen LogP contribution is -1.91. The number of thiophene rings is 1. The number of aryl methyl sites for hydroxylation is 2. The summed E-state index contributed by atoms with van der Waals surface area (Å²) < 4.78 is 1.73. The summed E-state index contributed by atoms with van der Waals surface area (Å²) in [5.41, 5.74) is 2.24. The lowest BCUT2D eigenvalue weighted by Gasteiger charge is -1.90. The zero-order chi connectivity index (χ0) is 11.0. The maximum Gasteiger partial charge on any atom is 0.336 e. The Morgan fingerprint density at radius 3 is 2.80 bits per heavy atom. The van der Waals surface area contributed by atoms with Gasteiger partial charge >= 0.3 is 5.97 Å².